The molecular formula is C16H22N2O4. The van der Waals surface area contributed by atoms with Gasteiger partial charge in [0.15, 0.2) is 6.61 Å². The Labute approximate surface area is 130 Å². The maximum atomic E-state index is 11.8. The second kappa shape index (κ2) is 8.17. The van der Waals surface area contributed by atoms with Crippen LogP contribution in [-0.4, -0.2) is 30.6 Å². The smallest absolute Gasteiger partial charge is 0.338 e. The van der Waals surface area contributed by atoms with Crippen LogP contribution in [0.4, 0.5) is 4.79 Å². The summed E-state index contributed by atoms with van der Waals surface area (Å²) in [5, 5.41) is 4.69. The molecule has 0 saturated heterocycles. The minimum atomic E-state index is -0.669. The normalized spacial score (nSPS) is 11.5. The van der Waals surface area contributed by atoms with Crippen LogP contribution in [0.25, 0.3) is 0 Å². The molecule has 22 heavy (non-hydrogen) atoms. The van der Waals surface area contributed by atoms with Crippen LogP contribution in [0.1, 0.15) is 41.8 Å². The molecule has 0 aromatic heterocycles. The Morgan fingerprint density at radius 2 is 1.86 bits per heavy atom. The summed E-state index contributed by atoms with van der Waals surface area (Å²) in [4.78, 5) is 34.8. The highest BCUT2D eigenvalue weighted by atomic mass is 16.5. The lowest BCUT2D eigenvalue weighted by Gasteiger charge is -2.12. The standard InChI is InChI=1S/C16H22N2O4/c1-5-12(4)17-16(21)18-14(19)9-22-15(20)13-7-6-10(2)11(3)8-13/h6-8,12H,5,9H2,1-4H3,(H2,17,18,19,21)/t12-/m1/s1. The SMILES string of the molecule is CC[C@@H](C)NC(=O)NC(=O)COC(=O)c1ccc(C)c(C)c1. The number of aryl methyl sites for hydroxylation is 2. The average molecular weight is 306 g/mol. The molecule has 0 heterocycles. The van der Waals surface area contributed by atoms with Crippen LogP contribution in [0.5, 0.6) is 0 Å². The first-order valence-electron chi connectivity index (χ1n) is 7.18. The topological polar surface area (TPSA) is 84.5 Å². The lowest BCUT2D eigenvalue weighted by atomic mass is 10.1. The quantitative estimate of drug-likeness (QED) is 0.816. The minimum absolute atomic E-state index is 0.0362. The van der Waals surface area contributed by atoms with Gasteiger partial charge in [-0.25, -0.2) is 9.59 Å². The average Bonchev–Trinajstić information content (AvgIpc) is 2.47. The summed E-state index contributed by atoms with van der Waals surface area (Å²) in [6, 6.07) is 4.52. The first-order valence-corrected chi connectivity index (χ1v) is 7.18. The summed E-state index contributed by atoms with van der Waals surface area (Å²) >= 11 is 0. The van der Waals surface area contributed by atoms with E-state index in [9.17, 15) is 14.4 Å². The van der Waals surface area contributed by atoms with Gasteiger partial charge in [-0.1, -0.05) is 13.0 Å². The molecule has 2 N–H and O–H groups in total. The predicted molar refractivity (Wildman–Crippen MR) is 82.6 cm³/mol. The molecule has 0 bridgehead atoms. The monoisotopic (exact) mass is 306 g/mol. The van der Waals surface area contributed by atoms with Gasteiger partial charge in [-0.05, 0) is 50.5 Å². The molecule has 0 saturated carbocycles. The fourth-order valence-corrected chi connectivity index (χ4v) is 1.61. The third-order valence-electron chi connectivity index (χ3n) is 3.32. The number of rotatable bonds is 5. The molecule has 3 amide bonds. The fraction of sp³-hybridized carbons (Fsp3) is 0.438. The highest BCUT2D eigenvalue weighted by molar-refractivity contribution is 5.97. The van der Waals surface area contributed by atoms with Gasteiger partial charge in [-0.2, -0.15) is 0 Å². The fourth-order valence-electron chi connectivity index (χ4n) is 1.61. The number of nitrogens with one attached hydrogen (secondary N) is 2. The molecule has 6 nitrogen and oxygen atoms in total. The van der Waals surface area contributed by atoms with Gasteiger partial charge in [-0.3, -0.25) is 10.1 Å². The zero-order chi connectivity index (χ0) is 16.7. The van der Waals surface area contributed by atoms with Gasteiger partial charge in [-0.15, -0.1) is 0 Å². The van der Waals surface area contributed by atoms with Crippen LogP contribution in [0.3, 0.4) is 0 Å². The van der Waals surface area contributed by atoms with Crippen LogP contribution in [0, 0.1) is 13.8 Å². The molecule has 120 valence electrons. The van der Waals surface area contributed by atoms with Crippen LogP contribution in [0.15, 0.2) is 18.2 Å². The first-order chi connectivity index (χ1) is 10.3. The predicted octanol–water partition coefficient (Wildman–Crippen LogP) is 2.08. The van der Waals surface area contributed by atoms with Gasteiger partial charge in [0, 0.05) is 6.04 Å². The van der Waals surface area contributed by atoms with Gasteiger partial charge in [0.25, 0.3) is 5.91 Å². The van der Waals surface area contributed by atoms with E-state index in [-0.39, 0.29) is 6.04 Å². The summed E-state index contributed by atoms with van der Waals surface area (Å²) in [6.07, 6.45) is 0.753. The minimum Gasteiger partial charge on any atom is -0.452 e. The van der Waals surface area contributed by atoms with Crippen molar-refractivity contribution < 1.29 is 19.1 Å². The van der Waals surface area contributed by atoms with Crippen molar-refractivity contribution >= 4 is 17.9 Å². The Kier molecular flexibility index (Phi) is 6.56. The van der Waals surface area contributed by atoms with Crippen molar-refractivity contribution in [1.29, 1.82) is 0 Å². The van der Waals surface area contributed by atoms with E-state index in [1.807, 2.05) is 33.8 Å². The van der Waals surface area contributed by atoms with E-state index in [0.29, 0.717) is 5.56 Å². The highest BCUT2D eigenvalue weighted by Gasteiger charge is 2.13. The van der Waals surface area contributed by atoms with E-state index in [0.717, 1.165) is 17.5 Å². The lowest BCUT2D eigenvalue weighted by molar-refractivity contribution is -0.123. The molecule has 6 heteroatoms. The van der Waals surface area contributed by atoms with Crippen molar-refractivity contribution in [2.45, 2.75) is 40.2 Å². The van der Waals surface area contributed by atoms with Gasteiger partial charge in [0.05, 0.1) is 5.56 Å². The molecule has 1 aromatic rings. The van der Waals surface area contributed by atoms with Gasteiger partial charge < -0.3 is 10.1 Å². The number of carbonyl (C=O) groups is 3. The third kappa shape index (κ3) is 5.55. The van der Waals surface area contributed by atoms with Crippen LogP contribution in [-0.2, 0) is 9.53 Å². The van der Waals surface area contributed by atoms with Crippen molar-refractivity contribution in [2.75, 3.05) is 6.61 Å². The second-order valence-corrected chi connectivity index (χ2v) is 5.21. The van der Waals surface area contributed by atoms with Crippen molar-refractivity contribution in [2.24, 2.45) is 0 Å². The third-order valence-corrected chi connectivity index (χ3v) is 3.32. The molecule has 1 aromatic carbocycles. The molecule has 0 fully saturated rings. The van der Waals surface area contributed by atoms with Gasteiger partial charge in [0.2, 0.25) is 0 Å². The zero-order valence-electron chi connectivity index (χ0n) is 13.4. The maximum Gasteiger partial charge on any atom is 0.338 e. The summed E-state index contributed by atoms with van der Waals surface area (Å²) < 4.78 is 4.89. The molecule has 1 rings (SSSR count). The van der Waals surface area contributed by atoms with Crippen molar-refractivity contribution in [3.05, 3.63) is 34.9 Å². The number of imide groups is 1. The van der Waals surface area contributed by atoms with E-state index in [4.69, 9.17) is 4.74 Å². The Morgan fingerprint density at radius 3 is 2.45 bits per heavy atom. The van der Waals surface area contributed by atoms with E-state index in [2.05, 4.69) is 10.6 Å². The van der Waals surface area contributed by atoms with Crippen molar-refractivity contribution in [3.63, 3.8) is 0 Å². The Hall–Kier alpha value is -2.37. The largest absolute Gasteiger partial charge is 0.452 e. The second-order valence-electron chi connectivity index (χ2n) is 5.21. The summed E-state index contributed by atoms with van der Waals surface area (Å²) in [5.74, 6) is -1.27. The van der Waals surface area contributed by atoms with Crippen LogP contribution >= 0.6 is 0 Å². The summed E-state index contributed by atoms with van der Waals surface area (Å²) in [5.41, 5.74) is 2.41. The first kappa shape index (κ1) is 17.7. The Bertz CT molecular complexity index is 569. The Morgan fingerprint density at radius 1 is 1.18 bits per heavy atom. The van der Waals surface area contributed by atoms with E-state index < -0.39 is 24.5 Å². The number of amides is 3. The van der Waals surface area contributed by atoms with Crippen LogP contribution in [0.2, 0.25) is 0 Å². The number of benzene rings is 1. The van der Waals surface area contributed by atoms with Gasteiger partial charge >= 0.3 is 12.0 Å². The lowest BCUT2D eigenvalue weighted by Crippen LogP contribution is -2.44. The molecule has 0 aliphatic carbocycles. The number of esters is 1. The summed E-state index contributed by atoms with van der Waals surface area (Å²) in [6.45, 7) is 7.06. The molecule has 0 unspecified atom stereocenters. The number of carbonyl (C=O) groups excluding carboxylic acids is 3. The molecular weight excluding hydrogens is 284 g/mol. The Balaban J connectivity index is 2.45. The molecule has 0 aliphatic heterocycles. The summed E-state index contributed by atoms with van der Waals surface area (Å²) in [7, 11) is 0. The maximum absolute atomic E-state index is 11.8. The van der Waals surface area contributed by atoms with Gasteiger partial charge in [0.1, 0.15) is 0 Å². The number of urea groups is 1. The zero-order valence-corrected chi connectivity index (χ0v) is 13.4. The van der Waals surface area contributed by atoms with Crippen molar-refractivity contribution in [1.82, 2.24) is 10.6 Å². The molecule has 1 atom stereocenters. The van der Waals surface area contributed by atoms with E-state index in [1.54, 1.807) is 12.1 Å². The van der Waals surface area contributed by atoms with E-state index >= 15 is 0 Å². The molecule has 0 spiro atoms. The number of ether oxygens (including phenoxy) is 1. The van der Waals surface area contributed by atoms with E-state index in [1.165, 1.54) is 0 Å². The van der Waals surface area contributed by atoms with Crippen LogP contribution < -0.4 is 10.6 Å². The van der Waals surface area contributed by atoms with Crippen molar-refractivity contribution in [3.8, 4) is 0 Å². The number of hydrogen-bond acceptors (Lipinski definition) is 4. The molecule has 0 radical (unpaired) electrons. The highest BCUT2D eigenvalue weighted by Crippen LogP contribution is 2.10. The number of hydrogen-bond donors (Lipinski definition) is 2. The molecule has 0 aliphatic rings.